The Morgan fingerprint density at radius 1 is 1.00 bits per heavy atom. The van der Waals surface area contributed by atoms with Gasteiger partial charge >= 0.3 is 5.97 Å². The number of para-hydroxylation sites is 1. The van der Waals surface area contributed by atoms with Crippen molar-refractivity contribution in [1.29, 1.82) is 0 Å². The molecule has 0 bridgehead atoms. The zero-order chi connectivity index (χ0) is 22.4. The van der Waals surface area contributed by atoms with Gasteiger partial charge < -0.3 is 18.9 Å². The smallest absolute Gasteiger partial charge is 0.347 e. The first kappa shape index (κ1) is 22.9. The van der Waals surface area contributed by atoms with Crippen molar-refractivity contribution in [2.75, 3.05) is 14.2 Å². The van der Waals surface area contributed by atoms with Gasteiger partial charge in [-0.1, -0.05) is 48.5 Å². The number of rotatable bonds is 8. The average Bonchev–Trinajstić information content (AvgIpc) is 2.79. The number of benzene rings is 3. The molecule has 3 rings (SSSR count). The number of esters is 1. The Kier molecular flexibility index (Phi) is 7.79. The Bertz CT molecular complexity index is 1040. The molecule has 0 aromatic heterocycles. The third kappa shape index (κ3) is 5.12. The van der Waals surface area contributed by atoms with Crippen molar-refractivity contribution in [3.63, 3.8) is 0 Å². The lowest BCUT2D eigenvalue weighted by Gasteiger charge is -2.22. The van der Waals surface area contributed by atoms with Crippen LogP contribution >= 0.6 is 15.9 Å². The van der Waals surface area contributed by atoms with Gasteiger partial charge in [-0.3, -0.25) is 0 Å². The first-order valence-corrected chi connectivity index (χ1v) is 10.3. The van der Waals surface area contributed by atoms with Crippen LogP contribution < -0.4 is 9.47 Å². The predicted molar refractivity (Wildman–Crippen MR) is 118 cm³/mol. The quantitative estimate of drug-likeness (QED) is 0.221. The van der Waals surface area contributed by atoms with Gasteiger partial charge in [0.2, 0.25) is 0 Å². The van der Waals surface area contributed by atoms with Gasteiger partial charge in [0.15, 0.2) is 6.29 Å². The van der Waals surface area contributed by atoms with E-state index < -0.39 is 18.1 Å². The molecule has 5 nitrogen and oxygen atoms in total. The van der Waals surface area contributed by atoms with E-state index in [4.69, 9.17) is 18.9 Å². The predicted octanol–water partition coefficient (Wildman–Crippen LogP) is 5.99. The number of halogens is 2. The summed E-state index contributed by atoms with van der Waals surface area (Å²) in [5.41, 5.74) is 1.04. The van der Waals surface area contributed by atoms with Crippen LogP contribution in [0, 0.1) is 12.7 Å². The highest BCUT2D eigenvalue weighted by Crippen LogP contribution is 2.42. The van der Waals surface area contributed by atoms with Crippen LogP contribution in [0.25, 0.3) is 0 Å². The standard InChI is InChI=1S/C24H22BrFO5/c1-15-18(23(27)31-17-12-8-5-9-13-17)22(30-14-16-10-6-4-7-11-16)20(25)19(21(15)26)24(28-2)29-3/h4-13,24H,14H2,1-3H3. The first-order chi connectivity index (χ1) is 15.0. The highest BCUT2D eigenvalue weighted by atomic mass is 79.9. The Morgan fingerprint density at radius 2 is 1.58 bits per heavy atom. The van der Waals surface area contributed by atoms with Gasteiger partial charge in [0, 0.05) is 19.8 Å². The second-order valence-electron chi connectivity index (χ2n) is 6.65. The van der Waals surface area contributed by atoms with Crippen molar-refractivity contribution in [1.82, 2.24) is 0 Å². The fraction of sp³-hybridized carbons (Fsp3) is 0.208. The van der Waals surface area contributed by atoms with Crippen LogP contribution in [0.1, 0.15) is 33.3 Å². The fourth-order valence-corrected chi connectivity index (χ4v) is 3.78. The average molecular weight is 489 g/mol. The molecule has 3 aromatic carbocycles. The Balaban J connectivity index is 2.09. The van der Waals surface area contributed by atoms with Crippen LogP contribution in [0.2, 0.25) is 0 Å². The molecule has 31 heavy (non-hydrogen) atoms. The summed E-state index contributed by atoms with van der Waals surface area (Å²) in [5, 5.41) is 0. The van der Waals surface area contributed by atoms with Gasteiger partial charge in [0.1, 0.15) is 29.5 Å². The maximum atomic E-state index is 15.3. The molecule has 0 saturated heterocycles. The van der Waals surface area contributed by atoms with E-state index in [-0.39, 0.29) is 33.5 Å². The van der Waals surface area contributed by atoms with Crippen molar-refractivity contribution >= 4 is 21.9 Å². The molecule has 0 radical (unpaired) electrons. The molecule has 0 aliphatic rings. The molecule has 0 aliphatic heterocycles. The largest absolute Gasteiger partial charge is 0.487 e. The summed E-state index contributed by atoms with van der Waals surface area (Å²) >= 11 is 3.39. The lowest BCUT2D eigenvalue weighted by atomic mass is 10.0. The molecule has 0 atom stereocenters. The second-order valence-corrected chi connectivity index (χ2v) is 7.44. The van der Waals surface area contributed by atoms with Gasteiger partial charge in [-0.25, -0.2) is 9.18 Å². The number of hydrogen-bond acceptors (Lipinski definition) is 5. The van der Waals surface area contributed by atoms with Crippen LogP contribution in [-0.2, 0) is 16.1 Å². The minimum Gasteiger partial charge on any atom is -0.487 e. The van der Waals surface area contributed by atoms with Gasteiger partial charge in [0.05, 0.1) is 10.0 Å². The summed E-state index contributed by atoms with van der Waals surface area (Å²) in [6, 6.07) is 18.0. The zero-order valence-corrected chi connectivity index (χ0v) is 18.9. The Labute approximate surface area is 188 Å². The molecule has 7 heteroatoms. The van der Waals surface area contributed by atoms with Crippen LogP contribution in [-0.4, -0.2) is 20.2 Å². The number of ether oxygens (including phenoxy) is 4. The molecule has 0 fully saturated rings. The highest BCUT2D eigenvalue weighted by Gasteiger charge is 2.31. The second kappa shape index (κ2) is 10.5. The summed E-state index contributed by atoms with van der Waals surface area (Å²) in [4.78, 5) is 13.0. The van der Waals surface area contributed by atoms with Crippen LogP contribution in [0.4, 0.5) is 4.39 Å². The fourth-order valence-electron chi connectivity index (χ4n) is 3.11. The van der Waals surface area contributed by atoms with Gasteiger partial charge in [-0.05, 0) is 40.5 Å². The van der Waals surface area contributed by atoms with E-state index in [1.807, 2.05) is 30.3 Å². The molecular weight excluding hydrogens is 467 g/mol. The normalized spacial score (nSPS) is 10.9. The minimum atomic E-state index is -0.994. The van der Waals surface area contributed by atoms with Gasteiger partial charge in [-0.15, -0.1) is 0 Å². The van der Waals surface area contributed by atoms with Crippen molar-refractivity contribution in [2.24, 2.45) is 0 Å². The molecule has 0 spiro atoms. The molecule has 0 saturated carbocycles. The molecule has 3 aromatic rings. The molecule has 0 N–H and O–H groups in total. The maximum Gasteiger partial charge on any atom is 0.347 e. The van der Waals surface area contributed by atoms with Crippen LogP contribution in [0.15, 0.2) is 65.1 Å². The van der Waals surface area contributed by atoms with Crippen molar-refractivity contribution < 1.29 is 28.1 Å². The topological polar surface area (TPSA) is 54.0 Å². The Hall–Kier alpha value is -2.74. The first-order valence-electron chi connectivity index (χ1n) is 9.48. The lowest BCUT2D eigenvalue weighted by Crippen LogP contribution is -2.18. The number of hydrogen-bond donors (Lipinski definition) is 0. The molecule has 162 valence electrons. The van der Waals surface area contributed by atoms with E-state index in [1.165, 1.54) is 21.1 Å². The lowest BCUT2D eigenvalue weighted by molar-refractivity contribution is -0.108. The molecule has 0 aliphatic carbocycles. The molecule has 0 unspecified atom stereocenters. The molecule has 0 heterocycles. The van der Waals surface area contributed by atoms with E-state index >= 15 is 4.39 Å². The number of carbonyl (C=O) groups excluding carboxylic acids is 1. The van der Waals surface area contributed by atoms with Gasteiger partial charge in [0.25, 0.3) is 0 Å². The van der Waals surface area contributed by atoms with E-state index in [0.717, 1.165) is 5.56 Å². The van der Waals surface area contributed by atoms with E-state index in [1.54, 1.807) is 30.3 Å². The number of methoxy groups -OCH3 is 2. The van der Waals surface area contributed by atoms with Crippen molar-refractivity contribution in [3.8, 4) is 11.5 Å². The minimum absolute atomic E-state index is 0.0149. The molecular formula is C24H22BrFO5. The van der Waals surface area contributed by atoms with Crippen LogP contribution in [0.3, 0.4) is 0 Å². The van der Waals surface area contributed by atoms with Crippen molar-refractivity contribution in [2.45, 2.75) is 19.8 Å². The van der Waals surface area contributed by atoms with Crippen LogP contribution in [0.5, 0.6) is 11.5 Å². The SMILES string of the molecule is COC(OC)c1c(F)c(C)c(C(=O)Oc2ccccc2)c(OCc2ccccc2)c1Br. The summed E-state index contributed by atoms with van der Waals surface area (Å²) in [7, 11) is 2.80. The zero-order valence-electron chi connectivity index (χ0n) is 17.4. The van der Waals surface area contributed by atoms with E-state index in [2.05, 4.69) is 15.9 Å². The molecule has 0 amide bonds. The highest BCUT2D eigenvalue weighted by molar-refractivity contribution is 9.10. The van der Waals surface area contributed by atoms with E-state index in [9.17, 15) is 4.79 Å². The summed E-state index contributed by atoms with van der Waals surface area (Å²) in [6.45, 7) is 1.66. The summed E-state index contributed by atoms with van der Waals surface area (Å²) in [5.74, 6) is -0.886. The maximum absolute atomic E-state index is 15.3. The summed E-state index contributed by atoms with van der Waals surface area (Å²) in [6.07, 6.45) is -0.994. The summed E-state index contributed by atoms with van der Waals surface area (Å²) < 4.78 is 37.5. The monoisotopic (exact) mass is 488 g/mol. The van der Waals surface area contributed by atoms with E-state index in [0.29, 0.717) is 5.75 Å². The van der Waals surface area contributed by atoms with Crippen molar-refractivity contribution in [3.05, 3.63) is 93.2 Å². The number of carbonyl (C=O) groups is 1. The van der Waals surface area contributed by atoms with Gasteiger partial charge in [-0.2, -0.15) is 0 Å². The third-order valence-corrected chi connectivity index (χ3v) is 5.44. The third-order valence-electron chi connectivity index (χ3n) is 4.65. The Morgan fingerprint density at radius 3 is 2.16 bits per heavy atom.